The number of ether oxygens (including phenoxy) is 1. The van der Waals surface area contributed by atoms with Gasteiger partial charge in [0.15, 0.2) is 0 Å². The number of benzene rings is 1. The lowest BCUT2D eigenvalue weighted by Gasteiger charge is -2.13. The monoisotopic (exact) mass is 345 g/mol. The van der Waals surface area contributed by atoms with E-state index in [2.05, 4.69) is 15.6 Å². The average molecular weight is 346 g/mol. The topological polar surface area (TPSA) is 80.3 Å². The summed E-state index contributed by atoms with van der Waals surface area (Å²) in [5.41, 5.74) is 0.782. The van der Waals surface area contributed by atoms with Crippen molar-refractivity contribution in [3.05, 3.63) is 53.2 Å². The van der Waals surface area contributed by atoms with Gasteiger partial charge < -0.3 is 15.4 Å². The Morgan fingerprint density at radius 2 is 2.00 bits per heavy atom. The Morgan fingerprint density at radius 1 is 1.17 bits per heavy atom. The first-order valence-corrected chi connectivity index (χ1v) is 7.96. The highest BCUT2D eigenvalue weighted by molar-refractivity contribution is 6.30. The molecule has 1 atom stereocenters. The number of carbonyl (C=O) groups excluding carboxylic acids is 2. The van der Waals surface area contributed by atoms with Gasteiger partial charge in [-0.2, -0.15) is 0 Å². The molecule has 2 N–H and O–H groups in total. The number of amides is 2. The Balaban J connectivity index is 1.74. The fourth-order valence-corrected chi connectivity index (χ4v) is 2.53. The van der Waals surface area contributed by atoms with Crippen LogP contribution in [-0.2, 0) is 9.53 Å². The maximum Gasteiger partial charge on any atom is 0.258 e. The molecular formula is C17H16ClN3O3. The summed E-state index contributed by atoms with van der Waals surface area (Å²) in [5.74, 6) is -0.227. The molecule has 124 valence electrons. The molecule has 24 heavy (non-hydrogen) atoms. The lowest BCUT2D eigenvalue weighted by molar-refractivity contribution is -0.124. The summed E-state index contributed by atoms with van der Waals surface area (Å²) in [7, 11) is 0. The van der Waals surface area contributed by atoms with Crippen molar-refractivity contribution in [2.75, 3.05) is 17.2 Å². The lowest BCUT2D eigenvalue weighted by atomic mass is 10.1. The van der Waals surface area contributed by atoms with Gasteiger partial charge in [-0.1, -0.05) is 23.7 Å². The molecule has 1 aromatic heterocycles. The number of carbonyl (C=O) groups is 2. The molecule has 2 heterocycles. The minimum atomic E-state index is -0.459. The van der Waals surface area contributed by atoms with Crippen LogP contribution in [0.1, 0.15) is 23.2 Å². The van der Waals surface area contributed by atoms with E-state index in [1.165, 1.54) is 6.20 Å². The van der Waals surface area contributed by atoms with E-state index in [1.54, 1.807) is 36.4 Å². The van der Waals surface area contributed by atoms with Crippen LogP contribution in [0.25, 0.3) is 0 Å². The van der Waals surface area contributed by atoms with Gasteiger partial charge >= 0.3 is 0 Å². The van der Waals surface area contributed by atoms with E-state index in [1.807, 2.05) is 0 Å². The van der Waals surface area contributed by atoms with Crippen LogP contribution in [0.3, 0.4) is 0 Å². The molecule has 0 saturated carbocycles. The molecule has 1 unspecified atom stereocenters. The van der Waals surface area contributed by atoms with Crippen molar-refractivity contribution in [1.29, 1.82) is 0 Å². The Bertz CT molecular complexity index is 743. The maximum absolute atomic E-state index is 12.5. The number of hydrogen-bond donors (Lipinski definition) is 2. The summed E-state index contributed by atoms with van der Waals surface area (Å²) in [4.78, 5) is 28.7. The van der Waals surface area contributed by atoms with Crippen LogP contribution in [0.5, 0.6) is 0 Å². The normalized spacial score (nSPS) is 16.6. The first-order valence-electron chi connectivity index (χ1n) is 7.58. The summed E-state index contributed by atoms with van der Waals surface area (Å²) in [5, 5.41) is 5.92. The van der Waals surface area contributed by atoms with Gasteiger partial charge in [0.05, 0.1) is 16.3 Å². The maximum atomic E-state index is 12.5. The highest BCUT2D eigenvalue weighted by Gasteiger charge is 2.24. The molecule has 2 amide bonds. The molecule has 1 aromatic carbocycles. The number of aromatic nitrogens is 1. The third-order valence-electron chi connectivity index (χ3n) is 3.62. The van der Waals surface area contributed by atoms with E-state index in [4.69, 9.17) is 16.3 Å². The predicted molar refractivity (Wildman–Crippen MR) is 91.2 cm³/mol. The van der Waals surface area contributed by atoms with E-state index >= 15 is 0 Å². The molecule has 3 rings (SSSR count). The fourth-order valence-electron chi connectivity index (χ4n) is 2.42. The molecular weight excluding hydrogens is 330 g/mol. The molecule has 6 nitrogen and oxygen atoms in total. The van der Waals surface area contributed by atoms with Crippen LogP contribution in [0, 0.1) is 0 Å². The van der Waals surface area contributed by atoms with Gasteiger partial charge in [0.1, 0.15) is 11.9 Å². The van der Waals surface area contributed by atoms with Crippen molar-refractivity contribution in [3.8, 4) is 0 Å². The minimum absolute atomic E-state index is 0.239. The summed E-state index contributed by atoms with van der Waals surface area (Å²) in [6.07, 6.45) is 2.54. The van der Waals surface area contributed by atoms with Gasteiger partial charge in [0.2, 0.25) is 0 Å². The number of nitrogens with one attached hydrogen (secondary N) is 2. The third kappa shape index (κ3) is 3.90. The highest BCUT2D eigenvalue weighted by Crippen LogP contribution is 2.20. The number of rotatable bonds is 4. The van der Waals surface area contributed by atoms with Gasteiger partial charge in [0, 0.05) is 12.8 Å². The second-order valence-electron chi connectivity index (χ2n) is 5.35. The second-order valence-corrected chi connectivity index (χ2v) is 5.79. The standard InChI is InChI=1S/C17H16ClN3O3/c18-11-7-8-15(19-10-11)21-16(22)12-4-1-2-5-13(12)20-17(23)14-6-3-9-24-14/h1-2,4-5,7-8,10,14H,3,6,9H2,(H,20,23)(H,19,21,22). The molecule has 2 aromatic rings. The van der Waals surface area contributed by atoms with Crippen LogP contribution in [0.2, 0.25) is 5.02 Å². The van der Waals surface area contributed by atoms with Crippen LogP contribution in [0.15, 0.2) is 42.6 Å². The SMILES string of the molecule is O=C(Nc1ccc(Cl)cn1)c1ccccc1NC(=O)C1CCCO1. The third-order valence-corrected chi connectivity index (χ3v) is 3.84. The highest BCUT2D eigenvalue weighted by atomic mass is 35.5. The van der Waals surface area contributed by atoms with Crippen molar-refractivity contribution >= 4 is 34.9 Å². The van der Waals surface area contributed by atoms with Gasteiger partial charge in [-0.05, 0) is 37.1 Å². The van der Waals surface area contributed by atoms with Crippen LogP contribution in [0.4, 0.5) is 11.5 Å². The van der Waals surface area contributed by atoms with Gasteiger partial charge in [0.25, 0.3) is 11.8 Å². The van der Waals surface area contributed by atoms with Gasteiger partial charge in [-0.25, -0.2) is 4.98 Å². The Morgan fingerprint density at radius 3 is 2.71 bits per heavy atom. The zero-order chi connectivity index (χ0) is 16.9. The molecule has 0 bridgehead atoms. The zero-order valence-electron chi connectivity index (χ0n) is 12.8. The van der Waals surface area contributed by atoms with Crippen molar-refractivity contribution in [1.82, 2.24) is 4.98 Å². The van der Waals surface area contributed by atoms with Crippen molar-refractivity contribution in [2.24, 2.45) is 0 Å². The predicted octanol–water partition coefficient (Wildman–Crippen LogP) is 3.10. The molecule has 0 radical (unpaired) electrons. The van der Waals surface area contributed by atoms with Crippen molar-refractivity contribution in [3.63, 3.8) is 0 Å². The summed E-state index contributed by atoms with van der Waals surface area (Å²) in [6, 6.07) is 10.0. The molecule has 0 spiro atoms. The minimum Gasteiger partial charge on any atom is -0.368 e. The first kappa shape index (κ1) is 16.4. The van der Waals surface area contributed by atoms with E-state index < -0.39 is 6.10 Å². The fraction of sp³-hybridized carbons (Fsp3) is 0.235. The van der Waals surface area contributed by atoms with Crippen LogP contribution >= 0.6 is 11.6 Å². The second kappa shape index (κ2) is 7.42. The van der Waals surface area contributed by atoms with E-state index in [0.717, 1.165) is 6.42 Å². The number of hydrogen-bond acceptors (Lipinski definition) is 4. The van der Waals surface area contributed by atoms with Crippen LogP contribution in [-0.4, -0.2) is 29.5 Å². The average Bonchev–Trinajstić information content (AvgIpc) is 3.12. The molecule has 1 aliphatic heterocycles. The summed E-state index contributed by atoms with van der Waals surface area (Å²) in [6.45, 7) is 0.586. The Kier molecular flexibility index (Phi) is 5.08. The molecule has 0 aliphatic carbocycles. The summed E-state index contributed by atoms with van der Waals surface area (Å²) < 4.78 is 5.36. The Hall–Kier alpha value is -2.44. The quantitative estimate of drug-likeness (QED) is 0.892. The van der Waals surface area contributed by atoms with Gasteiger partial charge in [-0.3, -0.25) is 9.59 Å². The largest absolute Gasteiger partial charge is 0.368 e. The van der Waals surface area contributed by atoms with E-state index in [9.17, 15) is 9.59 Å². The number of para-hydroxylation sites is 1. The Labute approximate surface area is 144 Å². The summed E-state index contributed by atoms with van der Waals surface area (Å²) >= 11 is 5.78. The first-order chi connectivity index (χ1) is 11.6. The smallest absolute Gasteiger partial charge is 0.258 e. The number of halogens is 1. The number of pyridine rings is 1. The van der Waals surface area contributed by atoms with Crippen molar-refractivity contribution in [2.45, 2.75) is 18.9 Å². The zero-order valence-corrected chi connectivity index (χ0v) is 13.5. The molecule has 7 heteroatoms. The van der Waals surface area contributed by atoms with E-state index in [-0.39, 0.29) is 11.8 Å². The van der Waals surface area contributed by atoms with E-state index in [0.29, 0.717) is 35.1 Å². The molecule has 1 fully saturated rings. The number of anilines is 2. The van der Waals surface area contributed by atoms with Gasteiger partial charge in [-0.15, -0.1) is 0 Å². The lowest BCUT2D eigenvalue weighted by Crippen LogP contribution is -2.28. The van der Waals surface area contributed by atoms with Crippen molar-refractivity contribution < 1.29 is 14.3 Å². The molecule has 1 aliphatic rings. The number of nitrogens with zero attached hydrogens (tertiary/aromatic N) is 1. The van der Waals surface area contributed by atoms with Crippen LogP contribution < -0.4 is 10.6 Å². The molecule has 1 saturated heterocycles.